The van der Waals surface area contributed by atoms with Crippen molar-refractivity contribution in [1.29, 1.82) is 5.41 Å². The highest BCUT2D eigenvalue weighted by Gasteiger charge is 2.36. The van der Waals surface area contributed by atoms with Crippen molar-refractivity contribution in [3.63, 3.8) is 0 Å². The molecule has 1 N–H and O–H groups in total. The summed E-state index contributed by atoms with van der Waals surface area (Å²) >= 11 is 2.80. The second-order valence-electron chi connectivity index (χ2n) is 6.46. The Labute approximate surface area is 176 Å². The number of benzene rings is 1. The van der Waals surface area contributed by atoms with Crippen molar-refractivity contribution >= 4 is 57.5 Å². The number of nitrogens with zero attached hydrogens (tertiary/aromatic N) is 4. The zero-order valence-corrected chi connectivity index (χ0v) is 17.4. The molecule has 4 rings (SSSR count). The molecule has 0 radical (unpaired) electrons. The van der Waals surface area contributed by atoms with E-state index in [-0.39, 0.29) is 23.7 Å². The van der Waals surface area contributed by atoms with Crippen LogP contribution in [0, 0.1) is 5.41 Å². The molecule has 29 heavy (non-hydrogen) atoms. The molecular formula is C19H19N5O3S2. The average Bonchev–Trinajstić information content (AvgIpc) is 3.14. The van der Waals surface area contributed by atoms with E-state index in [1.165, 1.54) is 5.01 Å². The predicted molar refractivity (Wildman–Crippen MR) is 115 cm³/mol. The Morgan fingerprint density at radius 3 is 2.72 bits per heavy atom. The summed E-state index contributed by atoms with van der Waals surface area (Å²) in [5.74, 6) is -0.545. The van der Waals surface area contributed by atoms with Crippen LogP contribution in [-0.4, -0.2) is 70.3 Å². The van der Waals surface area contributed by atoms with Crippen LogP contribution in [0.15, 0.2) is 44.8 Å². The number of thioether (sulfide) groups is 2. The number of ether oxygens (including phenoxy) is 1. The van der Waals surface area contributed by atoms with Gasteiger partial charge in [-0.15, -0.1) is 11.8 Å². The second kappa shape index (κ2) is 8.52. The van der Waals surface area contributed by atoms with Gasteiger partial charge in [0, 0.05) is 18.0 Å². The number of nitrogens with one attached hydrogen (secondary N) is 1. The van der Waals surface area contributed by atoms with Crippen LogP contribution in [0.3, 0.4) is 0 Å². The molecule has 1 aromatic carbocycles. The quantitative estimate of drug-likeness (QED) is 0.582. The molecule has 0 aromatic heterocycles. The van der Waals surface area contributed by atoms with Crippen LogP contribution in [0.1, 0.15) is 12.0 Å². The number of amides is 2. The van der Waals surface area contributed by atoms with Gasteiger partial charge in [0.05, 0.1) is 25.2 Å². The van der Waals surface area contributed by atoms with E-state index in [9.17, 15) is 9.59 Å². The normalized spacial score (nSPS) is 20.7. The van der Waals surface area contributed by atoms with Gasteiger partial charge in [-0.2, -0.15) is 15.1 Å². The van der Waals surface area contributed by atoms with Gasteiger partial charge in [-0.1, -0.05) is 12.1 Å². The number of hydrogen-bond acceptors (Lipinski definition) is 7. The molecule has 0 aliphatic carbocycles. The molecule has 10 heteroatoms. The Morgan fingerprint density at radius 2 is 2.03 bits per heavy atom. The largest absolute Gasteiger partial charge is 0.378 e. The van der Waals surface area contributed by atoms with Crippen LogP contribution in [0.5, 0.6) is 0 Å². The number of hydrazone groups is 1. The molecule has 3 aliphatic heterocycles. The van der Waals surface area contributed by atoms with Crippen LogP contribution < -0.4 is 0 Å². The number of rotatable bonds is 4. The Balaban J connectivity index is 1.50. The summed E-state index contributed by atoms with van der Waals surface area (Å²) in [5, 5.41) is 15.0. The summed E-state index contributed by atoms with van der Waals surface area (Å²) < 4.78 is 5.27. The number of aliphatic imine (C=N–C) groups is 1. The van der Waals surface area contributed by atoms with E-state index in [1.807, 2.05) is 30.5 Å². The molecule has 0 bridgehead atoms. The summed E-state index contributed by atoms with van der Waals surface area (Å²) in [7, 11) is 0. The number of fused-ring (bicyclic) bond motifs is 1. The van der Waals surface area contributed by atoms with E-state index in [2.05, 4.69) is 10.1 Å². The fourth-order valence-corrected chi connectivity index (χ4v) is 4.31. The van der Waals surface area contributed by atoms with Crippen LogP contribution in [0.4, 0.5) is 0 Å². The topological polar surface area (TPSA) is 98.4 Å². The maximum Gasteiger partial charge on any atom is 0.283 e. The highest BCUT2D eigenvalue weighted by Crippen LogP contribution is 2.30. The van der Waals surface area contributed by atoms with Crippen LogP contribution >= 0.6 is 23.5 Å². The second-order valence-corrected chi connectivity index (χ2v) is 8.38. The summed E-state index contributed by atoms with van der Waals surface area (Å²) in [6, 6.07) is 7.71. The summed E-state index contributed by atoms with van der Waals surface area (Å²) in [5.41, 5.74) is 0.990. The molecule has 150 valence electrons. The summed E-state index contributed by atoms with van der Waals surface area (Å²) in [6.07, 6.45) is 3.76. The molecule has 0 spiro atoms. The van der Waals surface area contributed by atoms with Gasteiger partial charge in [0.25, 0.3) is 5.91 Å². The van der Waals surface area contributed by atoms with Crippen LogP contribution in [0.25, 0.3) is 6.08 Å². The van der Waals surface area contributed by atoms with Gasteiger partial charge in [-0.05, 0) is 41.8 Å². The molecule has 2 amide bonds. The third-order valence-electron chi connectivity index (χ3n) is 4.59. The predicted octanol–water partition coefficient (Wildman–Crippen LogP) is 2.28. The summed E-state index contributed by atoms with van der Waals surface area (Å²) in [6.45, 7) is 2.21. The molecule has 3 aliphatic rings. The van der Waals surface area contributed by atoms with Gasteiger partial charge in [0.1, 0.15) is 5.04 Å². The Bertz CT molecular complexity index is 949. The van der Waals surface area contributed by atoms with Crippen LogP contribution in [0.2, 0.25) is 0 Å². The minimum absolute atomic E-state index is 0.0322. The van der Waals surface area contributed by atoms with Gasteiger partial charge in [-0.25, -0.2) is 0 Å². The van der Waals surface area contributed by atoms with Crippen molar-refractivity contribution in [2.24, 2.45) is 10.1 Å². The first-order valence-corrected chi connectivity index (χ1v) is 11.1. The molecule has 3 heterocycles. The van der Waals surface area contributed by atoms with Gasteiger partial charge in [-0.3, -0.25) is 15.0 Å². The summed E-state index contributed by atoms with van der Waals surface area (Å²) in [4.78, 5) is 31.8. The van der Waals surface area contributed by atoms with Gasteiger partial charge in [0.15, 0.2) is 5.84 Å². The fraction of sp³-hybridized carbons (Fsp3) is 0.316. The van der Waals surface area contributed by atoms with E-state index in [0.717, 1.165) is 22.2 Å². The molecule has 0 atom stereocenters. The molecule has 0 unspecified atom stereocenters. The standard InChI is InChI=1S/C19H19N5O3S2/c1-28-13-4-2-12(3-5-13)10-14-17(20)24-19(21-18(14)26)29-15(22-24)11-16(25)23-6-8-27-9-7-23/h2-5,10,20H,6-9,11H2,1H3/b14-10-,20-17?. The first-order valence-electron chi connectivity index (χ1n) is 9.04. The third kappa shape index (κ3) is 4.29. The van der Waals surface area contributed by atoms with Gasteiger partial charge < -0.3 is 9.64 Å². The lowest BCUT2D eigenvalue weighted by molar-refractivity contribution is -0.133. The van der Waals surface area contributed by atoms with Crippen molar-refractivity contribution in [1.82, 2.24) is 9.91 Å². The van der Waals surface area contributed by atoms with E-state index in [4.69, 9.17) is 10.1 Å². The highest BCUT2D eigenvalue weighted by molar-refractivity contribution is 8.27. The Hall–Kier alpha value is -2.43. The number of morpholine rings is 1. The lowest BCUT2D eigenvalue weighted by Gasteiger charge is -2.26. The number of carbonyl (C=O) groups excluding carboxylic acids is 2. The van der Waals surface area contributed by atoms with E-state index < -0.39 is 5.91 Å². The zero-order valence-electron chi connectivity index (χ0n) is 15.8. The molecule has 0 saturated carbocycles. The maximum atomic E-state index is 12.5. The molecular weight excluding hydrogens is 410 g/mol. The Morgan fingerprint density at radius 1 is 1.31 bits per heavy atom. The smallest absolute Gasteiger partial charge is 0.283 e. The van der Waals surface area contributed by atoms with Crippen molar-refractivity contribution in [2.75, 3.05) is 32.6 Å². The average molecular weight is 430 g/mol. The van der Waals surface area contributed by atoms with E-state index in [1.54, 1.807) is 22.7 Å². The van der Waals surface area contributed by atoms with Crippen molar-refractivity contribution in [3.8, 4) is 0 Å². The van der Waals surface area contributed by atoms with Gasteiger partial charge >= 0.3 is 0 Å². The number of hydrogen-bond donors (Lipinski definition) is 1. The maximum absolute atomic E-state index is 12.5. The van der Waals surface area contributed by atoms with Crippen molar-refractivity contribution in [2.45, 2.75) is 11.3 Å². The lowest BCUT2D eigenvalue weighted by atomic mass is 10.1. The molecule has 1 saturated heterocycles. The Kier molecular flexibility index (Phi) is 5.84. The minimum atomic E-state index is -0.473. The van der Waals surface area contributed by atoms with Gasteiger partial charge in [0.2, 0.25) is 11.1 Å². The number of carbonyl (C=O) groups is 2. The molecule has 1 fully saturated rings. The third-order valence-corrected chi connectivity index (χ3v) is 6.24. The monoisotopic (exact) mass is 429 g/mol. The molecule has 8 nitrogen and oxygen atoms in total. The lowest BCUT2D eigenvalue weighted by Crippen LogP contribution is -2.41. The SMILES string of the molecule is CSc1ccc(/C=C2/C(=N)N3N=C(CC(=O)N4CCOCC4)SC3=NC2=O)cc1. The molecule has 1 aromatic rings. The van der Waals surface area contributed by atoms with E-state index >= 15 is 0 Å². The highest BCUT2D eigenvalue weighted by atomic mass is 32.2. The van der Waals surface area contributed by atoms with Crippen molar-refractivity contribution in [3.05, 3.63) is 35.4 Å². The first-order chi connectivity index (χ1) is 14.0. The first kappa shape index (κ1) is 19.9. The van der Waals surface area contributed by atoms with Crippen molar-refractivity contribution < 1.29 is 14.3 Å². The zero-order chi connectivity index (χ0) is 20.4. The van der Waals surface area contributed by atoms with E-state index in [0.29, 0.717) is 36.5 Å². The fourth-order valence-electron chi connectivity index (χ4n) is 3.02. The number of amidine groups is 2. The van der Waals surface area contributed by atoms with Crippen LogP contribution in [-0.2, 0) is 14.3 Å². The minimum Gasteiger partial charge on any atom is -0.378 e.